The lowest BCUT2D eigenvalue weighted by Crippen LogP contribution is -1.91. The predicted molar refractivity (Wildman–Crippen MR) is 108 cm³/mol. The Balaban J connectivity index is 0.00000102. The Hall–Kier alpha value is -3.42. The Kier molecular flexibility index (Phi) is 5.35. The fourth-order valence-electron chi connectivity index (χ4n) is 2.79. The van der Waals surface area contributed by atoms with Crippen LogP contribution in [-0.2, 0) is 0 Å². The van der Waals surface area contributed by atoms with E-state index < -0.39 is 0 Å². The van der Waals surface area contributed by atoms with E-state index >= 15 is 0 Å². The number of hydrogen-bond acceptors (Lipinski definition) is 5. The molecule has 1 aromatic carbocycles. The lowest BCUT2D eigenvalue weighted by molar-refractivity contribution is 1.16. The monoisotopic (exact) mass is 374 g/mol. The zero-order valence-electron chi connectivity index (χ0n) is 15.2. The third-order valence-electron chi connectivity index (χ3n) is 3.99. The first-order valence-electron chi connectivity index (χ1n) is 8.52. The molecule has 0 bridgehead atoms. The summed E-state index contributed by atoms with van der Waals surface area (Å²) in [6.07, 6.45) is 5.30. The van der Waals surface area contributed by atoms with Crippen molar-refractivity contribution in [2.75, 3.05) is 4.72 Å². The summed E-state index contributed by atoms with van der Waals surface area (Å²) in [5.74, 6) is 0. The molecule has 0 atom stereocenters. The number of fused-ring (bicyclic) bond motifs is 2. The highest BCUT2D eigenvalue weighted by molar-refractivity contribution is 8.00. The van der Waals surface area contributed by atoms with Crippen LogP contribution in [0.5, 0.6) is 0 Å². The van der Waals surface area contributed by atoms with Crippen molar-refractivity contribution in [3.8, 4) is 12.1 Å². The van der Waals surface area contributed by atoms with E-state index in [1.165, 1.54) is 11.9 Å². The molecule has 2 N–H and O–H groups in total. The first-order chi connectivity index (χ1) is 13.2. The van der Waals surface area contributed by atoms with E-state index in [9.17, 15) is 5.26 Å². The molecule has 27 heavy (non-hydrogen) atoms. The number of aromatic amines is 1. The molecule has 0 amide bonds. The van der Waals surface area contributed by atoms with Crippen molar-refractivity contribution in [2.24, 2.45) is 0 Å². The summed E-state index contributed by atoms with van der Waals surface area (Å²) in [7, 11) is 0. The minimum absolute atomic E-state index is 0.394. The van der Waals surface area contributed by atoms with Crippen LogP contribution in [0.4, 0.5) is 5.69 Å². The quantitative estimate of drug-likeness (QED) is 0.492. The molecule has 4 aromatic rings. The molecular formula is C20H18N6S. The Bertz CT molecular complexity index is 1190. The van der Waals surface area contributed by atoms with Gasteiger partial charge < -0.3 is 14.1 Å². The summed E-state index contributed by atoms with van der Waals surface area (Å²) >= 11 is 1.45. The first kappa shape index (κ1) is 18.4. The maximum atomic E-state index is 9.24. The number of aryl methyl sites for hydroxylation is 1. The summed E-state index contributed by atoms with van der Waals surface area (Å²) in [4.78, 5) is 8.39. The van der Waals surface area contributed by atoms with Gasteiger partial charge in [0.25, 0.3) is 0 Å². The Morgan fingerprint density at radius 1 is 1.19 bits per heavy atom. The third-order valence-corrected chi connectivity index (χ3v) is 4.80. The number of nitrogens with one attached hydrogen (secondary N) is 2. The molecule has 3 heterocycles. The molecule has 0 aliphatic heterocycles. The number of hydrogen-bond donors (Lipinski definition) is 2. The van der Waals surface area contributed by atoms with Crippen molar-refractivity contribution in [3.05, 3.63) is 59.7 Å². The number of imidazole rings is 1. The van der Waals surface area contributed by atoms with Crippen LogP contribution in [0.25, 0.3) is 16.6 Å². The molecule has 0 unspecified atom stereocenters. The Morgan fingerprint density at radius 2 is 2.00 bits per heavy atom. The molecule has 0 saturated carbocycles. The van der Waals surface area contributed by atoms with E-state index in [2.05, 4.69) is 20.8 Å². The van der Waals surface area contributed by atoms with Crippen LogP contribution in [-0.4, -0.2) is 14.4 Å². The van der Waals surface area contributed by atoms with E-state index in [1.54, 1.807) is 12.4 Å². The highest BCUT2D eigenvalue weighted by Crippen LogP contribution is 2.31. The zero-order chi connectivity index (χ0) is 19.4. The van der Waals surface area contributed by atoms with Crippen molar-refractivity contribution in [2.45, 2.75) is 25.7 Å². The largest absolute Gasteiger partial charge is 0.358 e. The van der Waals surface area contributed by atoms with Crippen LogP contribution in [0.1, 0.15) is 30.7 Å². The third kappa shape index (κ3) is 3.46. The summed E-state index contributed by atoms with van der Waals surface area (Å²) in [6.45, 7) is 5.99. The van der Waals surface area contributed by atoms with Crippen molar-refractivity contribution >= 4 is 34.2 Å². The topological polar surface area (TPSA) is 92.7 Å². The second-order valence-corrected chi connectivity index (χ2v) is 6.44. The number of aromatic nitrogens is 3. The standard InChI is InChI=1S/C18H12N6S.C2H6/c1-11-2-3-15(18-17(11)12(7-19)9-21-18)23-25-14-4-5-24-10-13(8-20)22-16(24)6-14;1-2/h2-6,9-10,21,23H,1H3;1-2H3. The SMILES string of the molecule is CC.Cc1ccc(NSc2ccn3cc(C#N)nc3c2)c2[nH]cc(C#N)c12. The maximum Gasteiger partial charge on any atom is 0.159 e. The number of rotatable bonds is 3. The molecule has 0 aliphatic rings. The maximum absolute atomic E-state index is 9.24. The molecule has 0 radical (unpaired) electrons. The minimum atomic E-state index is 0.394. The van der Waals surface area contributed by atoms with Crippen LogP contribution in [0.15, 0.2) is 47.8 Å². The molecule has 6 nitrogen and oxygen atoms in total. The van der Waals surface area contributed by atoms with Gasteiger partial charge in [-0.3, -0.25) is 0 Å². The Morgan fingerprint density at radius 3 is 2.74 bits per heavy atom. The second-order valence-electron chi connectivity index (χ2n) is 5.56. The van der Waals surface area contributed by atoms with Gasteiger partial charge in [-0.1, -0.05) is 19.9 Å². The normalized spacial score (nSPS) is 10.1. The first-order valence-corrected chi connectivity index (χ1v) is 9.34. The molecule has 134 valence electrons. The summed E-state index contributed by atoms with van der Waals surface area (Å²) in [5, 5.41) is 19.1. The van der Waals surface area contributed by atoms with Crippen LogP contribution >= 0.6 is 11.9 Å². The Labute approximate surface area is 161 Å². The van der Waals surface area contributed by atoms with E-state index in [-0.39, 0.29) is 0 Å². The zero-order valence-corrected chi connectivity index (χ0v) is 16.1. The smallest absolute Gasteiger partial charge is 0.159 e. The number of H-pyrrole nitrogens is 1. The molecule has 4 rings (SSSR count). The van der Waals surface area contributed by atoms with Gasteiger partial charge in [0, 0.05) is 28.9 Å². The second kappa shape index (κ2) is 7.86. The molecule has 0 saturated heterocycles. The van der Waals surface area contributed by atoms with Gasteiger partial charge in [0.15, 0.2) is 5.69 Å². The number of nitriles is 2. The van der Waals surface area contributed by atoms with Gasteiger partial charge >= 0.3 is 0 Å². The number of pyridine rings is 1. The molecular weight excluding hydrogens is 356 g/mol. The average molecular weight is 374 g/mol. The lowest BCUT2D eigenvalue weighted by atomic mass is 10.1. The van der Waals surface area contributed by atoms with Crippen LogP contribution in [0.3, 0.4) is 0 Å². The number of anilines is 1. The minimum Gasteiger partial charge on any atom is -0.358 e. The fraction of sp³-hybridized carbons (Fsp3) is 0.150. The number of benzene rings is 1. The van der Waals surface area contributed by atoms with Crippen LogP contribution < -0.4 is 4.72 Å². The molecule has 0 spiro atoms. The van der Waals surface area contributed by atoms with Gasteiger partial charge in [0.1, 0.15) is 17.8 Å². The van der Waals surface area contributed by atoms with E-state index in [0.29, 0.717) is 11.3 Å². The van der Waals surface area contributed by atoms with Gasteiger partial charge in [-0.2, -0.15) is 10.5 Å². The highest BCUT2D eigenvalue weighted by atomic mass is 32.2. The fourth-order valence-corrected chi connectivity index (χ4v) is 3.48. The highest BCUT2D eigenvalue weighted by Gasteiger charge is 2.10. The van der Waals surface area contributed by atoms with Crippen LogP contribution in [0, 0.1) is 29.6 Å². The van der Waals surface area contributed by atoms with Crippen molar-refractivity contribution < 1.29 is 0 Å². The predicted octanol–water partition coefficient (Wildman–Crippen LogP) is 5.01. The van der Waals surface area contributed by atoms with Crippen molar-refractivity contribution in [1.29, 1.82) is 10.5 Å². The van der Waals surface area contributed by atoms with E-state index in [0.717, 1.165) is 32.7 Å². The van der Waals surface area contributed by atoms with E-state index in [4.69, 9.17) is 5.26 Å². The lowest BCUT2D eigenvalue weighted by Gasteiger charge is -2.08. The summed E-state index contributed by atoms with van der Waals surface area (Å²) in [6, 6.07) is 12.1. The molecule has 0 aliphatic carbocycles. The van der Waals surface area contributed by atoms with Crippen molar-refractivity contribution in [1.82, 2.24) is 14.4 Å². The molecule has 0 fully saturated rings. The van der Waals surface area contributed by atoms with E-state index in [1.807, 2.05) is 61.7 Å². The summed E-state index contributed by atoms with van der Waals surface area (Å²) < 4.78 is 5.14. The van der Waals surface area contributed by atoms with Crippen molar-refractivity contribution in [3.63, 3.8) is 0 Å². The molecule has 3 aromatic heterocycles. The van der Waals surface area contributed by atoms with Gasteiger partial charge in [-0.05, 0) is 42.6 Å². The molecule has 7 heteroatoms. The van der Waals surface area contributed by atoms with Gasteiger partial charge in [-0.25, -0.2) is 4.98 Å². The summed E-state index contributed by atoms with van der Waals surface area (Å²) in [5.41, 5.74) is 4.65. The van der Waals surface area contributed by atoms with Gasteiger partial charge in [-0.15, -0.1) is 0 Å². The number of nitrogens with zero attached hydrogens (tertiary/aromatic N) is 4. The van der Waals surface area contributed by atoms with Gasteiger partial charge in [0.05, 0.1) is 16.8 Å². The van der Waals surface area contributed by atoms with Crippen LogP contribution in [0.2, 0.25) is 0 Å². The van der Waals surface area contributed by atoms with Gasteiger partial charge in [0.2, 0.25) is 0 Å². The average Bonchev–Trinajstić information content (AvgIpc) is 3.33.